The summed E-state index contributed by atoms with van der Waals surface area (Å²) < 4.78 is 6.81. The van der Waals surface area contributed by atoms with Gasteiger partial charge in [0.1, 0.15) is 0 Å². The minimum Gasteiger partial charge on any atom is -0.378 e. The molecule has 1 aliphatic carbocycles. The zero-order chi connectivity index (χ0) is 13.5. The van der Waals surface area contributed by atoms with E-state index in [0.29, 0.717) is 24.9 Å². The molecule has 0 unspecified atom stereocenters. The largest absolute Gasteiger partial charge is 0.378 e. The van der Waals surface area contributed by atoms with Crippen LogP contribution in [0, 0.1) is 0 Å². The number of ether oxygens (including phenoxy) is 1. The molecule has 20 heavy (non-hydrogen) atoms. The van der Waals surface area contributed by atoms with Crippen molar-refractivity contribution >= 4 is 11.7 Å². The molecule has 0 saturated carbocycles. The number of nitrogens with zero attached hydrogens (tertiary/aromatic N) is 4. The fraction of sp³-hybridized carbons (Fsp3) is 0.615. The molecule has 0 atom stereocenters. The van der Waals surface area contributed by atoms with E-state index in [2.05, 4.69) is 20.0 Å². The Morgan fingerprint density at radius 1 is 1.10 bits per heavy atom. The highest BCUT2D eigenvalue weighted by atomic mass is 16.5. The second kappa shape index (κ2) is 4.59. The molecule has 0 radical (unpaired) electrons. The zero-order valence-electron chi connectivity index (χ0n) is 11.3. The van der Waals surface area contributed by atoms with E-state index in [4.69, 9.17) is 4.74 Å². The fourth-order valence-corrected chi connectivity index (χ4v) is 2.95. The third-order valence-corrected chi connectivity index (χ3v) is 4.06. The van der Waals surface area contributed by atoms with E-state index in [1.165, 1.54) is 4.52 Å². The van der Waals surface area contributed by atoms with E-state index in [-0.39, 0.29) is 5.56 Å². The first-order chi connectivity index (χ1) is 9.83. The molecule has 1 N–H and O–H groups in total. The lowest BCUT2D eigenvalue weighted by Crippen LogP contribution is -2.37. The second-order valence-electron chi connectivity index (χ2n) is 5.33. The van der Waals surface area contributed by atoms with Crippen molar-refractivity contribution in [3.05, 3.63) is 21.6 Å². The minimum atomic E-state index is 0.0108. The second-order valence-corrected chi connectivity index (χ2v) is 5.33. The lowest BCUT2D eigenvalue weighted by Gasteiger charge is -2.25. The smallest absolute Gasteiger partial charge is 0.277 e. The molecule has 1 fully saturated rings. The van der Waals surface area contributed by atoms with Crippen molar-refractivity contribution < 1.29 is 4.74 Å². The minimum absolute atomic E-state index is 0.0108. The number of aryl methyl sites for hydroxylation is 1. The van der Waals surface area contributed by atoms with Crippen LogP contribution < -0.4 is 10.5 Å². The number of anilines is 1. The van der Waals surface area contributed by atoms with Crippen LogP contribution in [0.25, 0.3) is 5.78 Å². The van der Waals surface area contributed by atoms with Crippen LogP contribution in [0.15, 0.2) is 4.79 Å². The van der Waals surface area contributed by atoms with Gasteiger partial charge in [-0.15, -0.1) is 0 Å². The third-order valence-electron chi connectivity index (χ3n) is 4.06. The van der Waals surface area contributed by atoms with Crippen LogP contribution in [0.5, 0.6) is 0 Å². The van der Waals surface area contributed by atoms with Crippen molar-refractivity contribution in [2.75, 3.05) is 31.2 Å². The normalized spacial score (nSPS) is 19.3. The molecule has 1 aliphatic heterocycles. The van der Waals surface area contributed by atoms with Crippen molar-refractivity contribution in [1.29, 1.82) is 0 Å². The Labute approximate surface area is 115 Å². The van der Waals surface area contributed by atoms with Crippen LogP contribution in [0.3, 0.4) is 0 Å². The monoisotopic (exact) mass is 275 g/mol. The number of H-pyrrole nitrogens is 1. The average Bonchev–Trinajstić information content (AvgIpc) is 2.93. The third kappa shape index (κ3) is 1.81. The number of fused-ring (bicyclic) bond motifs is 2. The van der Waals surface area contributed by atoms with Gasteiger partial charge in [0.05, 0.1) is 18.9 Å². The topological polar surface area (TPSA) is 75.5 Å². The Morgan fingerprint density at radius 3 is 2.75 bits per heavy atom. The predicted octanol–water partition coefficient (Wildman–Crippen LogP) is 0.133. The van der Waals surface area contributed by atoms with Gasteiger partial charge in [0, 0.05) is 18.7 Å². The molecule has 2 aromatic rings. The van der Waals surface area contributed by atoms with Gasteiger partial charge in [-0.3, -0.25) is 9.89 Å². The van der Waals surface area contributed by atoms with E-state index in [1.54, 1.807) is 0 Å². The maximum Gasteiger partial charge on any atom is 0.277 e. The van der Waals surface area contributed by atoms with Gasteiger partial charge >= 0.3 is 0 Å². The van der Waals surface area contributed by atoms with E-state index in [1.807, 2.05) is 0 Å². The molecule has 4 rings (SSSR count). The molecule has 1 saturated heterocycles. The molecule has 0 amide bonds. The maximum absolute atomic E-state index is 12.5. The van der Waals surface area contributed by atoms with Gasteiger partial charge in [-0.2, -0.15) is 9.50 Å². The molecule has 0 bridgehead atoms. The van der Waals surface area contributed by atoms with Crippen LogP contribution in [0.4, 0.5) is 5.95 Å². The number of hydrogen-bond acceptors (Lipinski definition) is 5. The molecule has 7 heteroatoms. The van der Waals surface area contributed by atoms with Gasteiger partial charge < -0.3 is 9.64 Å². The Bertz CT molecular complexity index is 699. The Kier molecular flexibility index (Phi) is 2.73. The van der Waals surface area contributed by atoms with Crippen molar-refractivity contribution in [2.45, 2.75) is 25.7 Å². The summed E-state index contributed by atoms with van der Waals surface area (Å²) in [4.78, 5) is 23.6. The fourth-order valence-electron chi connectivity index (χ4n) is 2.95. The Balaban J connectivity index is 1.82. The molecule has 0 aromatic carbocycles. The summed E-state index contributed by atoms with van der Waals surface area (Å²) in [6.45, 7) is 2.95. The Hall–Kier alpha value is -1.89. The highest BCUT2D eigenvalue weighted by molar-refractivity contribution is 5.41. The van der Waals surface area contributed by atoms with Crippen LogP contribution in [-0.4, -0.2) is 45.9 Å². The van der Waals surface area contributed by atoms with E-state index < -0.39 is 0 Å². The van der Waals surface area contributed by atoms with Crippen LogP contribution in [-0.2, 0) is 17.6 Å². The van der Waals surface area contributed by atoms with Crippen molar-refractivity contribution in [1.82, 2.24) is 19.6 Å². The molecule has 0 spiro atoms. The first-order valence-corrected chi connectivity index (χ1v) is 7.16. The van der Waals surface area contributed by atoms with Gasteiger partial charge in [0.25, 0.3) is 11.3 Å². The lowest BCUT2D eigenvalue weighted by atomic mass is 9.97. The lowest BCUT2D eigenvalue weighted by molar-refractivity contribution is 0.122. The summed E-state index contributed by atoms with van der Waals surface area (Å²) in [5, 5.41) is 3.08. The molecular weight excluding hydrogens is 258 g/mol. The summed E-state index contributed by atoms with van der Waals surface area (Å²) in [5.41, 5.74) is 1.80. The zero-order valence-corrected chi connectivity index (χ0v) is 11.3. The number of aromatic nitrogens is 4. The van der Waals surface area contributed by atoms with Crippen molar-refractivity contribution in [2.24, 2.45) is 0 Å². The average molecular weight is 275 g/mol. The first-order valence-electron chi connectivity index (χ1n) is 7.16. The highest BCUT2D eigenvalue weighted by Gasteiger charge is 2.20. The SMILES string of the molecule is O=c1c2c(nc3nc(N4CCOCC4)[nH]n13)CCCC2. The summed E-state index contributed by atoms with van der Waals surface area (Å²) >= 11 is 0. The van der Waals surface area contributed by atoms with Crippen LogP contribution in [0.2, 0.25) is 0 Å². The van der Waals surface area contributed by atoms with Crippen molar-refractivity contribution in [3.63, 3.8) is 0 Å². The first kappa shape index (κ1) is 11.9. The summed E-state index contributed by atoms with van der Waals surface area (Å²) in [6, 6.07) is 0. The van der Waals surface area contributed by atoms with E-state index >= 15 is 0 Å². The number of rotatable bonds is 1. The summed E-state index contributed by atoms with van der Waals surface area (Å²) in [5.74, 6) is 1.19. The molecule has 7 nitrogen and oxygen atoms in total. The summed E-state index contributed by atoms with van der Waals surface area (Å²) in [7, 11) is 0. The molecule has 2 aliphatic rings. The van der Waals surface area contributed by atoms with Gasteiger partial charge in [-0.05, 0) is 25.7 Å². The number of nitrogens with one attached hydrogen (secondary N) is 1. The van der Waals surface area contributed by atoms with E-state index in [0.717, 1.165) is 50.0 Å². The van der Waals surface area contributed by atoms with Crippen molar-refractivity contribution in [3.8, 4) is 0 Å². The molecule has 106 valence electrons. The van der Waals surface area contributed by atoms with Crippen LogP contribution >= 0.6 is 0 Å². The highest BCUT2D eigenvalue weighted by Crippen LogP contribution is 2.17. The maximum atomic E-state index is 12.5. The quantitative estimate of drug-likeness (QED) is 0.801. The van der Waals surface area contributed by atoms with Gasteiger partial charge in [-0.1, -0.05) is 0 Å². The Morgan fingerprint density at radius 2 is 1.90 bits per heavy atom. The van der Waals surface area contributed by atoms with Crippen LogP contribution in [0.1, 0.15) is 24.1 Å². The summed E-state index contributed by atoms with van der Waals surface area (Å²) in [6.07, 6.45) is 3.90. The van der Waals surface area contributed by atoms with Gasteiger partial charge in [-0.25, -0.2) is 4.98 Å². The predicted molar refractivity (Wildman–Crippen MR) is 73.3 cm³/mol. The van der Waals surface area contributed by atoms with Gasteiger partial charge in [0.15, 0.2) is 0 Å². The molecule has 2 aromatic heterocycles. The van der Waals surface area contributed by atoms with E-state index in [9.17, 15) is 4.79 Å². The number of aromatic amines is 1. The number of morpholine rings is 1. The standard InChI is InChI=1S/C13H17N5O2/c19-11-9-3-1-2-4-10(9)14-12-15-13(16-18(11)12)17-5-7-20-8-6-17/h1-8H2,(H,14,15,16). The van der Waals surface area contributed by atoms with Gasteiger partial charge in [0.2, 0.25) is 5.95 Å². The number of hydrogen-bond donors (Lipinski definition) is 1. The molecular formula is C13H17N5O2. The molecule has 3 heterocycles.